The predicted octanol–water partition coefficient (Wildman–Crippen LogP) is 4.08. The van der Waals surface area contributed by atoms with E-state index in [4.69, 9.17) is 11.6 Å². The molecule has 162 valence electrons. The minimum absolute atomic E-state index is 0.0397. The van der Waals surface area contributed by atoms with Crippen molar-refractivity contribution in [1.29, 1.82) is 0 Å². The van der Waals surface area contributed by atoms with Gasteiger partial charge in [0.2, 0.25) is 5.91 Å². The molecule has 31 heavy (non-hydrogen) atoms. The normalized spacial score (nSPS) is 25.4. The fourth-order valence-corrected chi connectivity index (χ4v) is 5.95. The Bertz CT molecular complexity index is 1160. The van der Waals surface area contributed by atoms with Crippen molar-refractivity contribution in [1.82, 2.24) is 30.0 Å². The van der Waals surface area contributed by atoms with Crippen LogP contribution < -0.4 is 5.32 Å². The third kappa shape index (κ3) is 3.35. The quantitative estimate of drug-likeness (QED) is 0.567. The molecule has 5 unspecified atom stereocenters. The van der Waals surface area contributed by atoms with Crippen LogP contribution in [0.1, 0.15) is 37.7 Å². The van der Waals surface area contributed by atoms with E-state index < -0.39 is 0 Å². The third-order valence-corrected chi connectivity index (χ3v) is 7.42. The second-order valence-corrected chi connectivity index (χ2v) is 9.21. The summed E-state index contributed by atoms with van der Waals surface area (Å²) in [7, 11) is 3.62. The van der Waals surface area contributed by atoms with E-state index in [1.165, 1.54) is 0 Å². The number of fused-ring (bicyclic) bond motifs is 3. The van der Waals surface area contributed by atoms with E-state index >= 15 is 0 Å². The van der Waals surface area contributed by atoms with E-state index in [1.807, 2.05) is 13.2 Å². The number of pyridine rings is 1. The summed E-state index contributed by atoms with van der Waals surface area (Å²) in [5, 5.41) is 7.78. The van der Waals surface area contributed by atoms with Crippen LogP contribution >= 0.6 is 11.6 Å². The number of aromatic nitrogens is 5. The molecule has 0 radical (unpaired) electrons. The minimum atomic E-state index is 0.0397. The number of rotatable bonds is 6. The Morgan fingerprint density at radius 2 is 2.16 bits per heavy atom. The monoisotopic (exact) mass is 438 g/mol. The second kappa shape index (κ2) is 7.79. The average Bonchev–Trinajstić information content (AvgIpc) is 3.54. The number of allylic oxidation sites excluding steroid dienone is 2. The summed E-state index contributed by atoms with van der Waals surface area (Å²) in [4.78, 5) is 25.3. The van der Waals surface area contributed by atoms with Crippen LogP contribution in [0.25, 0.3) is 22.6 Å². The van der Waals surface area contributed by atoms with Crippen LogP contribution in [0.5, 0.6) is 0 Å². The van der Waals surface area contributed by atoms with Gasteiger partial charge in [-0.2, -0.15) is 5.10 Å². The fraction of sp³-hybridized carbons (Fsp3) is 0.478. The van der Waals surface area contributed by atoms with Gasteiger partial charge >= 0.3 is 0 Å². The van der Waals surface area contributed by atoms with Gasteiger partial charge in [-0.15, -0.1) is 0 Å². The summed E-state index contributed by atoms with van der Waals surface area (Å²) in [6.07, 6.45) is 12.9. The summed E-state index contributed by atoms with van der Waals surface area (Å²) < 4.78 is 1.75. The number of imidazole rings is 1. The largest absolute Gasteiger partial charge is 0.359 e. The highest BCUT2D eigenvalue weighted by molar-refractivity contribution is 6.32. The van der Waals surface area contributed by atoms with Gasteiger partial charge in [0.1, 0.15) is 5.82 Å². The van der Waals surface area contributed by atoms with Gasteiger partial charge in [-0.1, -0.05) is 30.7 Å². The molecule has 0 aliphatic heterocycles. The number of aromatic amines is 1. The lowest BCUT2D eigenvalue weighted by Gasteiger charge is -2.30. The Morgan fingerprint density at radius 1 is 1.35 bits per heavy atom. The van der Waals surface area contributed by atoms with Gasteiger partial charge in [0.05, 0.1) is 22.3 Å². The lowest BCUT2D eigenvalue weighted by Crippen LogP contribution is -2.36. The van der Waals surface area contributed by atoms with Gasteiger partial charge in [-0.3, -0.25) is 9.48 Å². The van der Waals surface area contributed by atoms with Crippen LogP contribution in [0.4, 0.5) is 0 Å². The number of nitrogens with one attached hydrogen (secondary N) is 2. The number of H-pyrrole nitrogens is 1. The zero-order valence-electron chi connectivity index (χ0n) is 18.0. The summed E-state index contributed by atoms with van der Waals surface area (Å²) in [5.41, 5.74) is 3.51. The first-order valence-corrected chi connectivity index (χ1v) is 11.3. The maximum atomic E-state index is 12.7. The first-order chi connectivity index (χ1) is 15.0. The van der Waals surface area contributed by atoms with Crippen molar-refractivity contribution in [2.24, 2.45) is 30.7 Å². The lowest BCUT2D eigenvalue weighted by atomic mass is 9.75. The van der Waals surface area contributed by atoms with Crippen molar-refractivity contribution in [3.8, 4) is 11.4 Å². The zero-order valence-corrected chi connectivity index (χ0v) is 18.7. The van der Waals surface area contributed by atoms with E-state index in [9.17, 15) is 4.79 Å². The van der Waals surface area contributed by atoms with E-state index in [0.717, 1.165) is 41.7 Å². The maximum absolute atomic E-state index is 12.7. The Kier molecular flexibility index (Phi) is 5.08. The molecule has 3 aromatic heterocycles. The first-order valence-electron chi connectivity index (χ1n) is 10.9. The molecule has 0 saturated heterocycles. The summed E-state index contributed by atoms with van der Waals surface area (Å²) in [6.45, 7) is 2.18. The molecule has 1 amide bonds. The third-order valence-electron chi connectivity index (χ3n) is 7.12. The number of aryl methyl sites for hydroxylation is 1. The summed E-state index contributed by atoms with van der Waals surface area (Å²) >= 11 is 6.71. The molecule has 2 N–H and O–H groups in total. The molecule has 3 heterocycles. The molecule has 1 fully saturated rings. The molecular weight excluding hydrogens is 412 g/mol. The Hall–Kier alpha value is -2.67. The molecule has 2 bridgehead atoms. The van der Waals surface area contributed by atoms with E-state index in [2.05, 4.69) is 44.4 Å². The van der Waals surface area contributed by atoms with Gasteiger partial charge in [-0.05, 0) is 42.9 Å². The smallest absolute Gasteiger partial charge is 0.223 e. The predicted molar refractivity (Wildman–Crippen MR) is 121 cm³/mol. The highest BCUT2D eigenvalue weighted by Gasteiger charge is 2.48. The second-order valence-electron chi connectivity index (χ2n) is 8.80. The van der Waals surface area contributed by atoms with Crippen LogP contribution in [0, 0.1) is 23.7 Å². The van der Waals surface area contributed by atoms with Crippen LogP contribution in [0.2, 0.25) is 5.02 Å². The highest BCUT2D eigenvalue weighted by Crippen LogP contribution is 2.52. The molecule has 5 atom stereocenters. The van der Waals surface area contributed by atoms with E-state index in [1.54, 1.807) is 24.1 Å². The number of carbonyl (C=O) groups excluding carboxylic acids is 1. The zero-order chi connectivity index (χ0) is 21.7. The van der Waals surface area contributed by atoms with E-state index in [-0.39, 0.29) is 17.7 Å². The van der Waals surface area contributed by atoms with Crippen LogP contribution in [0.15, 0.2) is 30.7 Å². The number of hydrogen-bond acceptors (Lipinski definition) is 4. The van der Waals surface area contributed by atoms with Crippen molar-refractivity contribution in [2.45, 2.75) is 32.1 Å². The Morgan fingerprint density at radius 3 is 2.87 bits per heavy atom. The van der Waals surface area contributed by atoms with Crippen molar-refractivity contribution in [2.75, 3.05) is 7.05 Å². The van der Waals surface area contributed by atoms with Crippen molar-refractivity contribution < 1.29 is 4.79 Å². The molecule has 0 spiro atoms. The molecule has 0 aromatic carbocycles. The topological polar surface area (TPSA) is 88.5 Å². The van der Waals surface area contributed by atoms with Crippen LogP contribution in [0.3, 0.4) is 0 Å². The van der Waals surface area contributed by atoms with Gasteiger partial charge in [-0.25, -0.2) is 9.97 Å². The SMILES string of the molecule is CCC(CC1C2C=CC(C2)C1C(=O)NC)c1c(Cl)cnc2nc(-c3cnn(C)c3)[nH]c12. The van der Waals surface area contributed by atoms with E-state index in [0.29, 0.717) is 28.4 Å². The minimum Gasteiger partial charge on any atom is -0.359 e. The van der Waals surface area contributed by atoms with Crippen LogP contribution in [-0.4, -0.2) is 37.7 Å². The summed E-state index contributed by atoms with van der Waals surface area (Å²) in [5.74, 6) is 2.28. The number of amides is 1. The highest BCUT2D eigenvalue weighted by atomic mass is 35.5. The molecule has 7 nitrogen and oxygen atoms in total. The number of hydrogen-bond donors (Lipinski definition) is 2. The average molecular weight is 439 g/mol. The number of halogens is 1. The maximum Gasteiger partial charge on any atom is 0.223 e. The van der Waals surface area contributed by atoms with Gasteiger partial charge in [0.25, 0.3) is 0 Å². The molecule has 3 aromatic rings. The van der Waals surface area contributed by atoms with Crippen molar-refractivity contribution >= 4 is 28.7 Å². The fourth-order valence-electron chi connectivity index (χ4n) is 5.65. The standard InChI is InChI=1S/C23H27ClN6O/c1-4-12(8-16-13-5-6-14(7-13)18(16)23(31)25-2)19-17(24)10-26-22-20(19)28-21(29-22)15-9-27-30(3)11-15/h5-6,9-14,16,18H,4,7-8H2,1-3H3,(H,25,31)(H,26,28,29). The van der Waals surface area contributed by atoms with Gasteiger partial charge < -0.3 is 10.3 Å². The lowest BCUT2D eigenvalue weighted by molar-refractivity contribution is -0.126. The van der Waals surface area contributed by atoms with Crippen molar-refractivity contribution in [3.05, 3.63) is 41.3 Å². The number of nitrogens with zero attached hydrogens (tertiary/aromatic N) is 4. The molecule has 5 rings (SSSR count). The van der Waals surface area contributed by atoms with Gasteiger partial charge in [0.15, 0.2) is 5.65 Å². The molecule has 2 aliphatic rings. The first kappa shape index (κ1) is 20.2. The Labute approximate surface area is 186 Å². The molecule has 8 heteroatoms. The molecule has 2 aliphatic carbocycles. The Balaban J connectivity index is 1.52. The summed E-state index contributed by atoms with van der Waals surface area (Å²) in [6, 6.07) is 0. The molecule has 1 saturated carbocycles. The van der Waals surface area contributed by atoms with Crippen molar-refractivity contribution in [3.63, 3.8) is 0 Å². The van der Waals surface area contributed by atoms with Gasteiger partial charge in [0, 0.05) is 38.0 Å². The molecular formula is C23H27ClN6O. The van der Waals surface area contributed by atoms with Crippen LogP contribution in [-0.2, 0) is 11.8 Å². The number of carbonyl (C=O) groups is 1.